The molecule has 0 bridgehead atoms. The standard InChI is InChI=1S/C22H21FN4O2S/c23-16-3-1-15(2-4-16)11-18-12-24-22(30-18)21-19(28)14-27-13-17(5-6-20(27)25-21)26-7-9-29-10-8-26/h1-6,12-13,28H,7-11,14H2. The lowest BCUT2D eigenvalue weighted by Gasteiger charge is -2.34. The van der Waals surface area contributed by atoms with Crippen LogP contribution in [0.5, 0.6) is 0 Å². The summed E-state index contributed by atoms with van der Waals surface area (Å²) in [5, 5.41) is 11.3. The van der Waals surface area contributed by atoms with Gasteiger partial charge >= 0.3 is 0 Å². The van der Waals surface area contributed by atoms with Crippen molar-refractivity contribution in [3.63, 3.8) is 0 Å². The van der Waals surface area contributed by atoms with Crippen LogP contribution < -0.4 is 0 Å². The van der Waals surface area contributed by atoms with Crippen molar-refractivity contribution >= 4 is 22.9 Å². The number of benzene rings is 1. The van der Waals surface area contributed by atoms with Crippen LogP contribution in [0, 0.1) is 5.82 Å². The predicted molar refractivity (Wildman–Crippen MR) is 115 cm³/mol. The summed E-state index contributed by atoms with van der Waals surface area (Å²) in [6.45, 7) is 3.54. The number of morpholine rings is 1. The lowest BCUT2D eigenvalue weighted by atomic mass is 10.1. The highest BCUT2D eigenvalue weighted by Crippen LogP contribution is 2.30. The number of hydrogen-bond acceptors (Lipinski definition) is 7. The van der Waals surface area contributed by atoms with Gasteiger partial charge in [-0.15, -0.1) is 11.3 Å². The maximum atomic E-state index is 13.1. The minimum absolute atomic E-state index is 0.203. The molecule has 0 aliphatic carbocycles. The van der Waals surface area contributed by atoms with Gasteiger partial charge in [0.15, 0.2) is 0 Å². The fraction of sp³-hybridized carbons (Fsp3) is 0.273. The molecule has 0 saturated carbocycles. The average Bonchev–Trinajstić information content (AvgIpc) is 3.23. The lowest BCUT2D eigenvalue weighted by Crippen LogP contribution is -2.39. The van der Waals surface area contributed by atoms with E-state index in [1.165, 1.54) is 23.5 Å². The van der Waals surface area contributed by atoms with Gasteiger partial charge < -0.3 is 19.6 Å². The van der Waals surface area contributed by atoms with Gasteiger partial charge in [-0.25, -0.2) is 14.4 Å². The van der Waals surface area contributed by atoms with E-state index >= 15 is 0 Å². The average molecular weight is 425 g/mol. The number of ether oxygens (including phenoxy) is 1. The van der Waals surface area contributed by atoms with Crippen LogP contribution in [0.4, 0.5) is 4.39 Å². The van der Waals surface area contributed by atoms with Gasteiger partial charge in [0.1, 0.15) is 28.1 Å². The van der Waals surface area contributed by atoms with Crippen molar-refractivity contribution in [3.8, 4) is 0 Å². The topological polar surface area (TPSA) is 61.2 Å². The molecule has 3 aliphatic heterocycles. The van der Waals surface area contributed by atoms with Crippen molar-refractivity contribution in [1.82, 2.24) is 14.8 Å². The molecule has 1 aromatic heterocycles. The van der Waals surface area contributed by atoms with Crippen LogP contribution in [-0.4, -0.2) is 58.6 Å². The number of fused-ring (bicyclic) bond motifs is 1. The first-order chi connectivity index (χ1) is 14.7. The largest absolute Gasteiger partial charge is 0.508 e. The highest BCUT2D eigenvalue weighted by atomic mass is 32.1. The number of hydrogen-bond donors (Lipinski definition) is 1. The highest BCUT2D eigenvalue weighted by molar-refractivity contribution is 7.12. The Morgan fingerprint density at radius 1 is 1.13 bits per heavy atom. The van der Waals surface area contributed by atoms with E-state index in [0.717, 1.165) is 48.3 Å². The van der Waals surface area contributed by atoms with Crippen molar-refractivity contribution in [2.24, 2.45) is 4.99 Å². The maximum Gasteiger partial charge on any atom is 0.145 e. The zero-order chi connectivity index (χ0) is 20.5. The molecule has 0 unspecified atom stereocenters. The number of aliphatic hydroxyl groups is 1. The molecule has 30 heavy (non-hydrogen) atoms. The van der Waals surface area contributed by atoms with E-state index in [-0.39, 0.29) is 11.6 Å². The summed E-state index contributed by atoms with van der Waals surface area (Å²) in [4.78, 5) is 14.4. The zero-order valence-corrected chi connectivity index (χ0v) is 17.1. The zero-order valence-electron chi connectivity index (χ0n) is 16.3. The first-order valence-corrected chi connectivity index (χ1v) is 10.7. The van der Waals surface area contributed by atoms with Crippen LogP contribution in [0.3, 0.4) is 0 Å². The van der Waals surface area contributed by atoms with E-state index in [2.05, 4.69) is 21.0 Å². The number of amidine groups is 1. The Morgan fingerprint density at radius 2 is 1.93 bits per heavy atom. The summed E-state index contributed by atoms with van der Waals surface area (Å²) in [5.41, 5.74) is 2.63. The van der Waals surface area contributed by atoms with E-state index in [4.69, 9.17) is 4.74 Å². The van der Waals surface area contributed by atoms with Gasteiger partial charge in [0.05, 0.1) is 25.5 Å². The van der Waals surface area contributed by atoms with Crippen molar-refractivity contribution in [1.29, 1.82) is 0 Å². The van der Waals surface area contributed by atoms with Gasteiger partial charge in [0.2, 0.25) is 0 Å². The molecule has 0 radical (unpaired) electrons. The third-order valence-corrected chi connectivity index (χ3v) is 6.23. The van der Waals surface area contributed by atoms with Crippen LogP contribution in [0.2, 0.25) is 0 Å². The fourth-order valence-corrected chi connectivity index (χ4v) is 4.61. The molecule has 8 heteroatoms. The van der Waals surface area contributed by atoms with Gasteiger partial charge in [-0.2, -0.15) is 0 Å². The molecule has 1 aromatic carbocycles. The Morgan fingerprint density at radius 3 is 2.73 bits per heavy atom. The first-order valence-electron chi connectivity index (χ1n) is 9.85. The number of nitrogens with zero attached hydrogens (tertiary/aromatic N) is 4. The van der Waals surface area contributed by atoms with Gasteiger partial charge in [-0.3, -0.25) is 0 Å². The molecule has 4 heterocycles. The fourth-order valence-electron chi connectivity index (χ4n) is 3.65. The molecular weight excluding hydrogens is 403 g/mol. The maximum absolute atomic E-state index is 13.1. The van der Waals surface area contributed by atoms with Gasteiger partial charge in [-0.1, -0.05) is 12.1 Å². The van der Waals surface area contributed by atoms with Crippen LogP contribution in [0.25, 0.3) is 5.70 Å². The van der Waals surface area contributed by atoms with Gasteiger partial charge in [0.25, 0.3) is 0 Å². The normalized spacial score (nSPS) is 19.0. The molecule has 2 aromatic rings. The minimum atomic E-state index is -0.243. The van der Waals surface area contributed by atoms with E-state index < -0.39 is 0 Å². The molecule has 3 aliphatic rings. The Bertz CT molecular complexity index is 1070. The molecule has 1 N–H and O–H groups in total. The Labute approximate surface area is 177 Å². The Balaban J connectivity index is 1.33. The van der Waals surface area contributed by atoms with Crippen LogP contribution >= 0.6 is 11.3 Å². The lowest BCUT2D eigenvalue weighted by molar-refractivity contribution is 0.0547. The summed E-state index contributed by atoms with van der Waals surface area (Å²) >= 11 is 1.49. The second-order valence-electron chi connectivity index (χ2n) is 7.31. The molecule has 5 rings (SSSR count). The highest BCUT2D eigenvalue weighted by Gasteiger charge is 2.25. The summed E-state index contributed by atoms with van der Waals surface area (Å²) in [5.74, 6) is 0.747. The Kier molecular flexibility index (Phi) is 5.10. The van der Waals surface area contributed by atoms with E-state index in [0.29, 0.717) is 23.7 Å². The third kappa shape index (κ3) is 3.88. The van der Waals surface area contributed by atoms with Gasteiger partial charge in [-0.05, 0) is 29.8 Å². The molecule has 0 spiro atoms. The number of allylic oxidation sites excluding steroid dienone is 1. The minimum Gasteiger partial charge on any atom is -0.508 e. The quantitative estimate of drug-likeness (QED) is 0.813. The van der Waals surface area contributed by atoms with Crippen molar-refractivity contribution < 1.29 is 14.2 Å². The van der Waals surface area contributed by atoms with Crippen molar-refractivity contribution in [3.05, 3.63) is 81.5 Å². The molecule has 1 saturated heterocycles. The van der Waals surface area contributed by atoms with Crippen LogP contribution in [0.15, 0.2) is 65.3 Å². The summed E-state index contributed by atoms with van der Waals surface area (Å²) in [6.07, 6.45) is 8.52. The number of rotatable bonds is 4. The third-order valence-electron chi connectivity index (χ3n) is 5.23. The molecule has 1 fully saturated rings. The SMILES string of the molecule is OC1=C(c2ncc(Cc3ccc(F)cc3)s2)N=C2C=CC(N3CCOCC3)=CN2C1. The molecule has 6 nitrogen and oxygen atoms in total. The molecule has 0 atom stereocenters. The second kappa shape index (κ2) is 8.04. The first kappa shape index (κ1) is 19.0. The number of aliphatic imine (C=N–C) groups is 1. The van der Waals surface area contributed by atoms with Crippen LogP contribution in [-0.2, 0) is 11.2 Å². The number of aromatic nitrogens is 1. The second-order valence-corrected chi connectivity index (χ2v) is 8.43. The molecular formula is C22H21FN4O2S. The summed E-state index contributed by atoms with van der Waals surface area (Å²) in [7, 11) is 0. The van der Waals surface area contributed by atoms with Crippen molar-refractivity contribution in [2.75, 3.05) is 32.8 Å². The number of halogens is 1. The predicted octanol–water partition coefficient (Wildman–Crippen LogP) is 3.56. The van der Waals surface area contributed by atoms with Crippen molar-refractivity contribution in [2.45, 2.75) is 6.42 Å². The van der Waals surface area contributed by atoms with Crippen LogP contribution in [0.1, 0.15) is 15.4 Å². The van der Waals surface area contributed by atoms with E-state index in [1.54, 1.807) is 18.3 Å². The van der Waals surface area contributed by atoms with E-state index in [1.807, 2.05) is 17.2 Å². The van der Waals surface area contributed by atoms with Gasteiger partial charge in [0, 0.05) is 36.8 Å². The Hall–Kier alpha value is -2.97. The molecule has 154 valence electrons. The summed E-state index contributed by atoms with van der Waals surface area (Å²) in [6, 6.07) is 6.47. The molecule has 0 amide bonds. The summed E-state index contributed by atoms with van der Waals surface area (Å²) < 4.78 is 18.5. The smallest absolute Gasteiger partial charge is 0.145 e. The number of thiazole rings is 1. The number of aliphatic hydroxyl groups excluding tert-OH is 1. The monoisotopic (exact) mass is 424 g/mol. The van der Waals surface area contributed by atoms with E-state index in [9.17, 15) is 9.50 Å².